The molecule has 0 N–H and O–H groups in total. The molecule has 1 nitrogen and oxygen atoms in total. The second-order valence-electron chi connectivity index (χ2n) is 3.07. The van der Waals surface area contributed by atoms with Crippen LogP contribution in [0.4, 0.5) is 4.39 Å². The first kappa shape index (κ1) is 8.72. The van der Waals surface area contributed by atoms with Gasteiger partial charge in [-0.15, -0.1) is 0 Å². The number of hydrogen-bond donors (Lipinski definition) is 0. The van der Waals surface area contributed by atoms with Gasteiger partial charge in [-0.25, -0.2) is 4.39 Å². The molecule has 1 aliphatic heterocycles. The number of piperidine rings is 1. The molecule has 0 aromatic rings. The zero-order valence-corrected chi connectivity index (χ0v) is 7.36. The average molecular weight is 157 g/mol. The molecule has 1 rings (SSSR count). The zero-order valence-electron chi connectivity index (χ0n) is 7.36. The smallest absolute Gasteiger partial charge is 0.0961 e. The highest BCUT2D eigenvalue weighted by Gasteiger charge is 2.13. The van der Waals surface area contributed by atoms with E-state index in [1.54, 1.807) is 6.92 Å². The van der Waals surface area contributed by atoms with E-state index >= 15 is 0 Å². The lowest BCUT2D eigenvalue weighted by molar-refractivity contribution is 0.266. The summed E-state index contributed by atoms with van der Waals surface area (Å²) in [6.07, 6.45) is 1.85. The molecule has 1 heterocycles. The Hall–Kier alpha value is -0.370. The molecule has 0 amide bonds. The minimum absolute atomic E-state index is 0.0424. The molecule has 0 bridgehead atoms. The molecule has 2 heteroatoms. The Balaban J connectivity index is 2.42. The summed E-state index contributed by atoms with van der Waals surface area (Å²) < 4.78 is 12.7. The van der Waals surface area contributed by atoms with E-state index in [-0.39, 0.29) is 5.83 Å². The summed E-state index contributed by atoms with van der Waals surface area (Å²) in [5.74, 6) is 0.0424. The van der Waals surface area contributed by atoms with Gasteiger partial charge in [-0.3, -0.25) is 0 Å². The van der Waals surface area contributed by atoms with Gasteiger partial charge in [0.2, 0.25) is 0 Å². The van der Waals surface area contributed by atoms with Gasteiger partial charge in [0.05, 0.1) is 5.83 Å². The lowest BCUT2D eigenvalue weighted by Gasteiger charge is -2.26. The number of allylic oxidation sites excluding steroid dienone is 1. The second-order valence-corrected chi connectivity index (χ2v) is 3.07. The zero-order chi connectivity index (χ0) is 8.27. The van der Waals surface area contributed by atoms with E-state index in [0.29, 0.717) is 0 Å². The van der Waals surface area contributed by atoms with Crippen LogP contribution in [-0.2, 0) is 0 Å². The fourth-order valence-electron chi connectivity index (χ4n) is 1.48. The fraction of sp³-hybridized carbons (Fsp3) is 0.778. The van der Waals surface area contributed by atoms with Gasteiger partial charge in [0.25, 0.3) is 0 Å². The van der Waals surface area contributed by atoms with E-state index in [2.05, 4.69) is 11.8 Å². The number of hydrogen-bond acceptors (Lipinski definition) is 1. The molecule has 0 aromatic heterocycles. The lowest BCUT2D eigenvalue weighted by Crippen LogP contribution is -2.30. The van der Waals surface area contributed by atoms with Crippen LogP contribution in [0, 0.1) is 0 Å². The van der Waals surface area contributed by atoms with Crippen LogP contribution in [0.3, 0.4) is 0 Å². The summed E-state index contributed by atoms with van der Waals surface area (Å²) in [7, 11) is 0. The van der Waals surface area contributed by atoms with Crippen molar-refractivity contribution in [1.29, 1.82) is 0 Å². The standard InChI is InChI=1S/C9H16FN/c1-3-11-6-4-9(5-7-11)8(2)10/h3-7H2,1-2H3. The highest BCUT2D eigenvalue weighted by atomic mass is 19.1. The third-order valence-corrected chi connectivity index (χ3v) is 2.39. The van der Waals surface area contributed by atoms with Crippen molar-refractivity contribution in [2.45, 2.75) is 26.7 Å². The van der Waals surface area contributed by atoms with Crippen LogP contribution in [0.2, 0.25) is 0 Å². The van der Waals surface area contributed by atoms with Crippen molar-refractivity contribution in [3.05, 3.63) is 11.4 Å². The summed E-state index contributed by atoms with van der Waals surface area (Å²) >= 11 is 0. The highest BCUT2D eigenvalue weighted by molar-refractivity contribution is 5.08. The third-order valence-electron chi connectivity index (χ3n) is 2.39. The first-order valence-electron chi connectivity index (χ1n) is 4.30. The van der Waals surface area contributed by atoms with Gasteiger partial charge in [0, 0.05) is 13.1 Å². The first-order chi connectivity index (χ1) is 5.24. The Labute approximate surface area is 67.9 Å². The monoisotopic (exact) mass is 157 g/mol. The highest BCUT2D eigenvalue weighted by Crippen LogP contribution is 2.19. The van der Waals surface area contributed by atoms with Crippen molar-refractivity contribution in [3.63, 3.8) is 0 Å². The van der Waals surface area contributed by atoms with Crippen molar-refractivity contribution in [1.82, 2.24) is 4.90 Å². The minimum Gasteiger partial charge on any atom is -0.303 e. The molecule has 0 saturated carbocycles. The number of rotatable bonds is 1. The maximum atomic E-state index is 12.7. The molecule has 1 aliphatic rings. The summed E-state index contributed by atoms with van der Waals surface area (Å²) in [5.41, 5.74) is 1.02. The van der Waals surface area contributed by atoms with E-state index in [0.717, 1.165) is 38.0 Å². The van der Waals surface area contributed by atoms with Crippen LogP contribution in [-0.4, -0.2) is 24.5 Å². The normalized spacial score (nSPS) is 20.5. The first-order valence-corrected chi connectivity index (χ1v) is 4.30. The van der Waals surface area contributed by atoms with Crippen LogP contribution < -0.4 is 0 Å². The predicted molar refractivity (Wildman–Crippen MR) is 45.2 cm³/mol. The number of nitrogens with zero attached hydrogens (tertiary/aromatic N) is 1. The molecule has 0 spiro atoms. The van der Waals surface area contributed by atoms with Crippen molar-refractivity contribution in [2.75, 3.05) is 19.6 Å². The van der Waals surface area contributed by atoms with Gasteiger partial charge in [-0.2, -0.15) is 0 Å². The molecular weight excluding hydrogens is 141 g/mol. The Morgan fingerprint density at radius 1 is 1.45 bits per heavy atom. The molecule has 0 aromatic carbocycles. The SMILES string of the molecule is CCN1CCC(=C(C)F)CC1. The Morgan fingerprint density at radius 3 is 2.36 bits per heavy atom. The summed E-state index contributed by atoms with van der Waals surface area (Å²) in [4.78, 5) is 2.35. The molecule has 0 atom stereocenters. The average Bonchev–Trinajstić information content (AvgIpc) is 2.05. The lowest BCUT2D eigenvalue weighted by atomic mass is 10.0. The molecule has 0 unspecified atom stereocenters. The second kappa shape index (κ2) is 3.86. The van der Waals surface area contributed by atoms with E-state index < -0.39 is 0 Å². The van der Waals surface area contributed by atoms with E-state index in [9.17, 15) is 4.39 Å². The van der Waals surface area contributed by atoms with Gasteiger partial charge < -0.3 is 4.90 Å². The largest absolute Gasteiger partial charge is 0.303 e. The maximum absolute atomic E-state index is 12.7. The number of halogens is 1. The third kappa shape index (κ3) is 2.29. The van der Waals surface area contributed by atoms with E-state index in [4.69, 9.17) is 0 Å². The Kier molecular flexibility index (Phi) is 3.06. The molecule has 0 radical (unpaired) electrons. The molecular formula is C9H16FN. The Bertz CT molecular complexity index is 149. The van der Waals surface area contributed by atoms with Gasteiger partial charge in [-0.05, 0) is 31.9 Å². The molecule has 0 aliphatic carbocycles. The van der Waals surface area contributed by atoms with Crippen LogP contribution in [0.1, 0.15) is 26.7 Å². The van der Waals surface area contributed by atoms with Crippen LogP contribution in [0.15, 0.2) is 11.4 Å². The molecule has 11 heavy (non-hydrogen) atoms. The molecule has 1 fully saturated rings. The Morgan fingerprint density at radius 2 is 2.00 bits per heavy atom. The fourth-order valence-corrected chi connectivity index (χ4v) is 1.48. The summed E-state index contributed by atoms with van der Waals surface area (Å²) in [5, 5.41) is 0. The topological polar surface area (TPSA) is 3.24 Å². The van der Waals surface area contributed by atoms with Gasteiger partial charge in [-0.1, -0.05) is 6.92 Å². The maximum Gasteiger partial charge on any atom is 0.0961 e. The molecule has 1 saturated heterocycles. The van der Waals surface area contributed by atoms with Crippen LogP contribution >= 0.6 is 0 Å². The van der Waals surface area contributed by atoms with Crippen molar-refractivity contribution < 1.29 is 4.39 Å². The van der Waals surface area contributed by atoms with Crippen LogP contribution in [0.25, 0.3) is 0 Å². The quantitative estimate of drug-likeness (QED) is 0.564. The minimum atomic E-state index is 0.0424. The van der Waals surface area contributed by atoms with Gasteiger partial charge in [0.1, 0.15) is 0 Å². The van der Waals surface area contributed by atoms with Gasteiger partial charge >= 0.3 is 0 Å². The van der Waals surface area contributed by atoms with Crippen molar-refractivity contribution in [3.8, 4) is 0 Å². The number of likely N-dealkylation sites (tertiary alicyclic amines) is 1. The molecule has 64 valence electrons. The predicted octanol–water partition coefficient (Wildman–Crippen LogP) is 2.35. The van der Waals surface area contributed by atoms with Crippen LogP contribution in [0.5, 0.6) is 0 Å². The van der Waals surface area contributed by atoms with Crippen molar-refractivity contribution >= 4 is 0 Å². The van der Waals surface area contributed by atoms with Gasteiger partial charge in [0.15, 0.2) is 0 Å². The summed E-state index contributed by atoms with van der Waals surface area (Å²) in [6.45, 7) is 6.88. The van der Waals surface area contributed by atoms with E-state index in [1.165, 1.54) is 0 Å². The van der Waals surface area contributed by atoms with Crippen molar-refractivity contribution in [2.24, 2.45) is 0 Å². The van der Waals surface area contributed by atoms with E-state index in [1.807, 2.05) is 0 Å². The summed E-state index contributed by atoms with van der Waals surface area (Å²) in [6, 6.07) is 0.